The largest absolute Gasteiger partial charge is 0.453 e. The van der Waals surface area contributed by atoms with Crippen molar-refractivity contribution >= 4 is 16.8 Å². The number of Topliss-reactive ketones (excluding diaryl/α,β-unsaturated/α-hetero) is 1. The minimum atomic E-state index is 0.175. The van der Waals surface area contributed by atoms with Gasteiger partial charge in [-0.1, -0.05) is 30.9 Å². The maximum absolute atomic E-state index is 12.6. The molecule has 0 N–H and O–H groups in total. The summed E-state index contributed by atoms with van der Waals surface area (Å²) < 4.78 is 5.82. The maximum Gasteiger partial charge on any atom is 0.201 e. The van der Waals surface area contributed by atoms with Gasteiger partial charge in [-0.05, 0) is 38.8 Å². The highest BCUT2D eigenvalue weighted by Gasteiger charge is 2.27. The molecule has 1 saturated carbocycles. The van der Waals surface area contributed by atoms with Crippen molar-refractivity contribution in [2.24, 2.45) is 5.92 Å². The van der Waals surface area contributed by atoms with Gasteiger partial charge in [0.2, 0.25) is 5.78 Å². The fourth-order valence-electron chi connectivity index (χ4n) is 3.12. The highest BCUT2D eigenvalue weighted by Crippen LogP contribution is 2.32. The zero-order valence-corrected chi connectivity index (χ0v) is 11.7. The van der Waals surface area contributed by atoms with E-state index in [4.69, 9.17) is 4.42 Å². The Labute approximate surface area is 113 Å². The highest BCUT2D eigenvalue weighted by atomic mass is 16.3. The molecule has 1 aliphatic rings. The lowest BCUT2D eigenvalue weighted by Gasteiger charge is -2.19. The third-order valence-corrected chi connectivity index (χ3v) is 4.29. The lowest BCUT2D eigenvalue weighted by atomic mass is 9.85. The summed E-state index contributed by atoms with van der Waals surface area (Å²) in [5.74, 6) is 0.979. The Hall–Kier alpha value is -1.57. The molecule has 0 atom stereocenters. The Morgan fingerprint density at radius 1 is 1.16 bits per heavy atom. The van der Waals surface area contributed by atoms with Crippen LogP contribution in [0.25, 0.3) is 11.0 Å². The van der Waals surface area contributed by atoms with Gasteiger partial charge < -0.3 is 4.42 Å². The van der Waals surface area contributed by atoms with Crippen molar-refractivity contribution < 1.29 is 9.21 Å². The number of benzene rings is 1. The third-order valence-electron chi connectivity index (χ3n) is 4.29. The first-order valence-electron chi connectivity index (χ1n) is 7.21. The number of ketones is 1. The van der Waals surface area contributed by atoms with Crippen LogP contribution in [0, 0.1) is 19.8 Å². The summed E-state index contributed by atoms with van der Waals surface area (Å²) >= 11 is 0. The molecule has 0 saturated heterocycles. The van der Waals surface area contributed by atoms with Crippen LogP contribution in [0.4, 0.5) is 0 Å². The zero-order valence-electron chi connectivity index (χ0n) is 11.7. The average Bonchev–Trinajstić information content (AvgIpc) is 2.76. The summed E-state index contributed by atoms with van der Waals surface area (Å²) in [4.78, 5) is 12.6. The van der Waals surface area contributed by atoms with Gasteiger partial charge in [-0.2, -0.15) is 0 Å². The molecule has 0 unspecified atom stereocenters. The van der Waals surface area contributed by atoms with Crippen molar-refractivity contribution in [1.82, 2.24) is 0 Å². The van der Waals surface area contributed by atoms with Crippen molar-refractivity contribution in [3.05, 3.63) is 35.1 Å². The number of aryl methyl sites for hydroxylation is 2. The fourth-order valence-corrected chi connectivity index (χ4v) is 3.12. The van der Waals surface area contributed by atoms with Gasteiger partial charge in [0.15, 0.2) is 5.76 Å². The van der Waals surface area contributed by atoms with Crippen molar-refractivity contribution in [2.75, 3.05) is 0 Å². The number of carbonyl (C=O) groups is 1. The molecule has 19 heavy (non-hydrogen) atoms. The number of rotatable bonds is 2. The summed E-state index contributed by atoms with van der Waals surface area (Å²) in [5.41, 5.74) is 3.05. The molecule has 1 heterocycles. The quantitative estimate of drug-likeness (QED) is 0.721. The van der Waals surface area contributed by atoms with Crippen LogP contribution in [0.15, 0.2) is 22.6 Å². The van der Waals surface area contributed by atoms with Crippen LogP contribution < -0.4 is 0 Å². The topological polar surface area (TPSA) is 30.2 Å². The number of fused-ring (bicyclic) bond motifs is 1. The highest BCUT2D eigenvalue weighted by molar-refractivity contribution is 6.01. The van der Waals surface area contributed by atoms with Gasteiger partial charge in [0.1, 0.15) is 5.58 Å². The third kappa shape index (κ3) is 2.20. The lowest BCUT2D eigenvalue weighted by Crippen LogP contribution is -2.17. The normalized spacial score (nSPS) is 16.9. The van der Waals surface area contributed by atoms with Crippen molar-refractivity contribution in [1.29, 1.82) is 0 Å². The Morgan fingerprint density at radius 2 is 1.89 bits per heavy atom. The molecule has 0 amide bonds. The standard InChI is InChI=1S/C17H20O2/c1-11-8-9-15-14(10-11)12(2)17(19-15)16(18)13-6-4-3-5-7-13/h8-10,13H,3-7H2,1-2H3. The first kappa shape index (κ1) is 12.5. The SMILES string of the molecule is Cc1ccc2oc(C(=O)C3CCCCC3)c(C)c2c1. The van der Waals surface area contributed by atoms with Crippen LogP contribution >= 0.6 is 0 Å². The van der Waals surface area contributed by atoms with Gasteiger partial charge in [-0.3, -0.25) is 4.79 Å². The van der Waals surface area contributed by atoms with Gasteiger partial charge in [-0.25, -0.2) is 0 Å². The van der Waals surface area contributed by atoms with E-state index in [1.165, 1.54) is 24.8 Å². The van der Waals surface area contributed by atoms with Crippen LogP contribution in [-0.2, 0) is 0 Å². The number of hydrogen-bond donors (Lipinski definition) is 0. The molecular formula is C17H20O2. The van der Waals surface area contributed by atoms with Crippen LogP contribution in [0.3, 0.4) is 0 Å². The first-order chi connectivity index (χ1) is 9.16. The van der Waals surface area contributed by atoms with E-state index in [-0.39, 0.29) is 11.7 Å². The van der Waals surface area contributed by atoms with Gasteiger partial charge in [0.25, 0.3) is 0 Å². The van der Waals surface area contributed by atoms with E-state index < -0.39 is 0 Å². The number of hydrogen-bond acceptors (Lipinski definition) is 2. The second kappa shape index (κ2) is 4.84. The smallest absolute Gasteiger partial charge is 0.201 e. The number of carbonyl (C=O) groups excluding carboxylic acids is 1. The van der Waals surface area contributed by atoms with Crippen LogP contribution in [0.5, 0.6) is 0 Å². The van der Waals surface area contributed by atoms with Gasteiger partial charge in [-0.15, -0.1) is 0 Å². The van der Waals surface area contributed by atoms with E-state index in [9.17, 15) is 4.79 Å². The fraction of sp³-hybridized carbons (Fsp3) is 0.471. The summed E-state index contributed by atoms with van der Waals surface area (Å²) in [7, 11) is 0. The molecule has 1 fully saturated rings. The van der Waals surface area contributed by atoms with E-state index in [0.29, 0.717) is 5.76 Å². The molecule has 0 bridgehead atoms. The molecular weight excluding hydrogens is 236 g/mol. The van der Waals surface area contributed by atoms with Crippen LogP contribution in [-0.4, -0.2) is 5.78 Å². The molecule has 3 rings (SSSR count). The van der Waals surface area contributed by atoms with Crippen molar-refractivity contribution in [3.8, 4) is 0 Å². The Morgan fingerprint density at radius 3 is 2.63 bits per heavy atom. The monoisotopic (exact) mass is 256 g/mol. The van der Waals surface area contributed by atoms with E-state index in [2.05, 4.69) is 13.0 Å². The zero-order chi connectivity index (χ0) is 13.4. The molecule has 1 aliphatic carbocycles. The number of furan rings is 1. The molecule has 0 aliphatic heterocycles. The molecule has 2 nitrogen and oxygen atoms in total. The molecule has 2 aromatic rings. The predicted molar refractivity (Wildman–Crippen MR) is 76.6 cm³/mol. The van der Waals surface area contributed by atoms with Gasteiger partial charge in [0.05, 0.1) is 0 Å². The van der Waals surface area contributed by atoms with Crippen LogP contribution in [0.1, 0.15) is 53.8 Å². The molecule has 2 heteroatoms. The predicted octanol–water partition coefficient (Wildman–Crippen LogP) is 4.81. The first-order valence-corrected chi connectivity index (χ1v) is 7.21. The molecule has 1 aromatic carbocycles. The minimum absolute atomic E-state index is 0.175. The summed E-state index contributed by atoms with van der Waals surface area (Å²) in [6.07, 6.45) is 5.66. The van der Waals surface area contributed by atoms with Gasteiger partial charge in [0, 0.05) is 16.9 Å². The van der Waals surface area contributed by atoms with Gasteiger partial charge >= 0.3 is 0 Å². The lowest BCUT2D eigenvalue weighted by molar-refractivity contribution is 0.0862. The summed E-state index contributed by atoms with van der Waals surface area (Å²) in [6, 6.07) is 6.10. The average molecular weight is 256 g/mol. The Kier molecular flexibility index (Phi) is 3.17. The van der Waals surface area contributed by atoms with E-state index in [1.807, 2.05) is 19.1 Å². The molecule has 1 aromatic heterocycles. The maximum atomic E-state index is 12.6. The minimum Gasteiger partial charge on any atom is -0.453 e. The van der Waals surface area contributed by atoms with E-state index in [0.717, 1.165) is 29.4 Å². The summed E-state index contributed by atoms with van der Waals surface area (Å²) in [6.45, 7) is 4.07. The second-order valence-electron chi connectivity index (χ2n) is 5.75. The molecule has 0 radical (unpaired) electrons. The van der Waals surface area contributed by atoms with Crippen molar-refractivity contribution in [2.45, 2.75) is 46.0 Å². The molecule has 0 spiro atoms. The van der Waals surface area contributed by atoms with E-state index >= 15 is 0 Å². The Balaban J connectivity index is 2.00. The van der Waals surface area contributed by atoms with Crippen LogP contribution in [0.2, 0.25) is 0 Å². The Bertz CT molecular complexity index is 615. The summed E-state index contributed by atoms with van der Waals surface area (Å²) in [5, 5.41) is 1.08. The van der Waals surface area contributed by atoms with Crippen molar-refractivity contribution in [3.63, 3.8) is 0 Å². The second-order valence-corrected chi connectivity index (χ2v) is 5.75. The molecule has 100 valence electrons. The van der Waals surface area contributed by atoms with E-state index in [1.54, 1.807) is 0 Å².